The van der Waals surface area contributed by atoms with E-state index in [1.807, 2.05) is 30.7 Å². The summed E-state index contributed by atoms with van der Waals surface area (Å²) >= 11 is 3.03. The third kappa shape index (κ3) is 6.08. The SMILES string of the molecule is CCC(C)C(NC(=O)c1csc(-c2ccsc2)n1)C(=O)NCCN1CCOCC1. The Labute approximate surface area is 179 Å². The number of carbonyl (C=O) groups is 2. The van der Waals surface area contributed by atoms with Gasteiger partial charge in [-0.05, 0) is 17.4 Å². The highest BCUT2D eigenvalue weighted by atomic mass is 32.1. The van der Waals surface area contributed by atoms with E-state index in [1.54, 1.807) is 16.7 Å². The predicted molar refractivity (Wildman–Crippen MR) is 116 cm³/mol. The zero-order valence-corrected chi connectivity index (χ0v) is 18.5. The van der Waals surface area contributed by atoms with Gasteiger partial charge >= 0.3 is 0 Å². The molecular formula is C20H28N4O3S2. The van der Waals surface area contributed by atoms with Gasteiger partial charge in [-0.3, -0.25) is 14.5 Å². The minimum Gasteiger partial charge on any atom is -0.379 e. The number of amides is 2. The normalized spacial score (nSPS) is 16.9. The topological polar surface area (TPSA) is 83.6 Å². The highest BCUT2D eigenvalue weighted by molar-refractivity contribution is 7.14. The molecule has 3 rings (SSSR count). The number of morpholine rings is 1. The predicted octanol–water partition coefficient (Wildman–Crippen LogP) is 2.46. The van der Waals surface area contributed by atoms with Crippen molar-refractivity contribution in [2.24, 2.45) is 5.92 Å². The number of nitrogens with zero attached hydrogens (tertiary/aromatic N) is 2. The highest BCUT2D eigenvalue weighted by Crippen LogP contribution is 2.25. The maximum absolute atomic E-state index is 12.8. The van der Waals surface area contributed by atoms with Crippen LogP contribution in [0.25, 0.3) is 10.6 Å². The summed E-state index contributed by atoms with van der Waals surface area (Å²) in [5.41, 5.74) is 1.36. The lowest BCUT2D eigenvalue weighted by molar-refractivity contribution is -0.124. The second-order valence-electron chi connectivity index (χ2n) is 7.13. The number of aromatic nitrogens is 1. The molecule has 1 aliphatic rings. The molecule has 2 aromatic heterocycles. The van der Waals surface area contributed by atoms with Crippen LogP contribution in [0.15, 0.2) is 22.2 Å². The van der Waals surface area contributed by atoms with Crippen LogP contribution in [0.2, 0.25) is 0 Å². The van der Waals surface area contributed by atoms with Crippen molar-refractivity contribution in [2.75, 3.05) is 39.4 Å². The summed E-state index contributed by atoms with van der Waals surface area (Å²) < 4.78 is 5.34. The standard InChI is InChI=1S/C20H28N4O3S2/c1-3-14(2)17(19(26)21-5-6-24-7-9-27-10-8-24)23-18(25)16-13-29-20(22-16)15-4-11-28-12-15/h4,11-14,17H,3,5-10H2,1-2H3,(H,21,26)(H,23,25). The molecule has 2 unspecified atom stereocenters. The average molecular weight is 437 g/mol. The number of thiophene rings is 1. The maximum atomic E-state index is 12.8. The van der Waals surface area contributed by atoms with E-state index in [9.17, 15) is 9.59 Å². The maximum Gasteiger partial charge on any atom is 0.271 e. The number of ether oxygens (including phenoxy) is 1. The molecule has 1 fully saturated rings. The van der Waals surface area contributed by atoms with Crippen LogP contribution in [0.4, 0.5) is 0 Å². The smallest absolute Gasteiger partial charge is 0.271 e. The molecule has 0 radical (unpaired) electrons. The van der Waals surface area contributed by atoms with Gasteiger partial charge < -0.3 is 15.4 Å². The number of thiazole rings is 1. The first-order valence-electron chi connectivity index (χ1n) is 9.95. The van der Waals surface area contributed by atoms with Crippen molar-refractivity contribution in [1.82, 2.24) is 20.5 Å². The zero-order chi connectivity index (χ0) is 20.6. The summed E-state index contributed by atoms with van der Waals surface area (Å²) in [6, 6.07) is 1.40. The van der Waals surface area contributed by atoms with Crippen molar-refractivity contribution < 1.29 is 14.3 Å². The molecule has 2 atom stereocenters. The first kappa shape index (κ1) is 21.9. The van der Waals surface area contributed by atoms with E-state index in [0.717, 1.165) is 49.8 Å². The van der Waals surface area contributed by atoms with Crippen LogP contribution in [0.3, 0.4) is 0 Å². The minimum atomic E-state index is -0.580. The van der Waals surface area contributed by atoms with Crippen molar-refractivity contribution in [3.05, 3.63) is 27.9 Å². The first-order valence-corrected chi connectivity index (χ1v) is 11.8. The van der Waals surface area contributed by atoms with Crippen LogP contribution in [-0.4, -0.2) is 67.1 Å². The highest BCUT2D eigenvalue weighted by Gasteiger charge is 2.27. The fourth-order valence-electron chi connectivity index (χ4n) is 3.09. The van der Waals surface area contributed by atoms with E-state index in [1.165, 1.54) is 11.3 Å². The van der Waals surface area contributed by atoms with Crippen LogP contribution < -0.4 is 10.6 Å². The van der Waals surface area contributed by atoms with Crippen molar-refractivity contribution >= 4 is 34.5 Å². The Morgan fingerprint density at radius 1 is 1.31 bits per heavy atom. The molecule has 1 aliphatic heterocycles. The van der Waals surface area contributed by atoms with Gasteiger partial charge in [0.25, 0.3) is 5.91 Å². The Morgan fingerprint density at radius 3 is 2.79 bits per heavy atom. The van der Waals surface area contributed by atoms with E-state index in [-0.39, 0.29) is 17.7 Å². The second-order valence-corrected chi connectivity index (χ2v) is 8.77. The molecule has 7 nitrogen and oxygen atoms in total. The van der Waals surface area contributed by atoms with Gasteiger partial charge in [-0.1, -0.05) is 20.3 Å². The fourth-order valence-corrected chi connectivity index (χ4v) is 4.60. The molecule has 2 aromatic rings. The minimum absolute atomic E-state index is 0.0253. The number of hydrogen-bond acceptors (Lipinski definition) is 7. The molecule has 0 saturated carbocycles. The van der Waals surface area contributed by atoms with Gasteiger partial charge in [0.1, 0.15) is 16.7 Å². The van der Waals surface area contributed by atoms with Gasteiger partial charge in [0.15, 0.2) is 0 Å². The third-order valence-corrected chi connectivity index (χ3v) is 6.69. The summed E-state index contributed by atoms with van der Waals surface area (Å²) in [6.07, 6.45) is 0.791. The fraction of sp³-hybridized carbons (Fsp3) is 0.550. The largest absolute Gasteiger partial charge is 0.379 e. The summed E-state index contributed by atoms with van der Waals surface area (Å²) in [5, 5.41) is 12.4. The van der Waals surface area contributed by atoms with Crippen molar-refractivity contribution in [3.63, 3.8) is 0 Å². The molecule has 2 amide bonds. The quantitative estimate of drug-likeness (QED) is 0.631. The zero-order valence-electron chi connectivity index (χ0n) is 16.8. The monoisotopic (exact) mass is 436 g/mol. The van der Waals surface area contributed by atoms with Gasteiger partial charge in [-0.25, -0.2) is 4.98 Å². The Hall–Kier alpha value is -1.81. The van der Waals surface area contributed by atoms with Crippen molar-refractivity contribution in [3.8, 4) is 10.6 Å². The first-order chi connectivity index (χ1) is 14.1. The van der Waals surface area contributed by atoms with Crippen LogP contribution in [0, 0.1) is 5.92 Å². The van der Waals surface area contributed by atoms with Crippen LogP contribution in [0.1, 0.15) is 30.8 Å². The summed E-state index contributed by atoms with van der Waals surface area (Å²) in [5.74, 6) is -0.428. The molecule has 0 spiro atoms. The van der Waals surface area contributed by atoms with E-state index < -0.39 is 6.04 Å². The van der Waals surface area contributed by atoms with Crippen LogP contribution in [0.5, 0.6) is 0 Å². The summed E-state index contributed by atoms with van der Waals surface area (Å²) in [4.78, 5) is 32.2. The van der Waals surface area contributed by atoms with Gasteiger partial charge in [0.2, 0.25) is 5.91 Å². The van der Waals surface area contributed by atoms with Crippen molar-refractivity contribution in [2.45, 2.75) is 26.3 Å². The molecule has 158 valence electrons. The van der Waals surface area contributed by atoms with Crippen LogP contribution in [-0.2, 0) is 9.53 Å². The Kier molecular flexibility index (Phi) is 8.17. The Balaban J connectivity index is 1.56. The second kappa shape index (κ2) is 10.8. The van der Waals surface area contributed by atoms with E-state index in [4.69, 9.17) is 4.74 Å². The molecule has 29 heavy (non-hydrogen) atoms. The third-order valence-electron chi connectivity index (χ3n) is 5.12. The Morgan fingerprint density at radius 2 is 2.10 bits per heavy atom. The van der Waals surface area contributed by atoms with E-state index in [2.05, 4.69) is 20.5 Å². The van der Waals surface area contributed by atoms with Gasteiger partial charge in [0, 0.05) is 42.5 Å². The van der Waals surface area contributed by atoms with E-state index >= 15 is 0 Å². The molecule has 0 aromatic carbocycles. The molecule has 0 bridgehead atoms. The van der Waals surface area contributed by atoms with Gasteiger partial charge in [-0.2, -0.15) is 11.3 Å². The summed E-state index contributed by atoms with van der Waals surface area (Å²) in [6.45, 7) is 8.58. The lowest BCUT2D eigenvalue weighted by Gasteiger charge is -2.27. The Bertz CT molecular complexity index is 788. The average Bonchev–Trinajstić information content (AvgIpc) is 3.43. The van der Waals surface area contributed by atoms with E-state index in [0.29, 0.717) is 12.2 Å². The molecule has 2 N–H and O–H groups in total. The van der Waals surface area contributed by atoms with Crippen LogP contribution >= 0.6 is 22.7 Å². The number of nitrogens with one attached hydrogen (secondary N) is 2. The molecule has 0 aliphatic carbocycles. The number of hydrogen-bond donors (Lipinski definition) is 2. The lowest BCUT2D eigenvalue weighted by Crippen LogP contribution is -2.51. The van der Waals surface area contributed by atoms with Crippen molar-refractivity contribution in [1.29, 1.82) is 0 Å². The lowest BCUT2D eigenvalue weighted by atomic mass is 9.98. The number of carbonyl (C=O) groups excluding carboxylic acids is 2. The molecular weight excluding hydrogens is 408 g/mol. The number of rotatable bonds is 9. The van der Waals surface area contributed by atoms with Gasteiger partial charge in [0.05, 0.1) is 13.2 Å². The molecule has 3 heterocycles. The summed E-state index contributed by atoms with van der Waals surface area (Å²) in [7, 11) is 0. The molecule has 9 heteroatoms. The van der Waals surface area contributed by atoms with Gasteiger partial charge in [-0.15, -0.1) is 11.3 Å². The molecule has 1 saturated heterocycles.